The van der Waals surface area contributed by atoms with Crippen LogP contribution in [0, 0.1) is 11.8 Å². The van der Waals surface area contributed by atoms with E-state index in [-0.39, 0.29) is 18.6 Å². The van der Waals surface area contributed by atoms with Gasteiger partial charge in [0.2, 0.25) is 5.91 Å². The van der Waals surface area contributed by atoms with Crippen LogP contribution >= 0.6 is 0 Å². The molecule has 0 radical (unpaired) electrons. The molecule has 10 nitrogen and oxygen atoms in total. The summed E-state index contributed by atoms with van der Waals surface area (Å²) in [4.78, 5) is 32.5. The molecule has 0 aliphatic carbocycles. The number of aromatic nitrogens is 4. The fourth-order valence-corrected chi connectivity index (χ4v) is 3.71. The summed E-state index contributed by atoms with van der Waals surface area (Å²) < 4.78 is 11.0. The molecule has 10 heteroatoms. The molecule has 0 bridgehead atoms. The first-order valence-electron chi connectivity index (χ1n) is 11.4. The summed E-state index contributed by atoms with van der Waals surface area (Å²) >= 11 is 0. The maximum absolute atomic E-state index is 12.4. The number of aromatic amines is 1. The Morgan fingerprint density at radius 3 is 2.94 bits per heavy atom. The predicted molar refractivity (Wildman–Crippen MR) is 133 cm³/mol. The number of carbonyl (C=O) groups excluding carboxylic acids is 1. The Hall–Kier alpha value is -4.10. The number of hydrogen-bond donors (Lipinski definition) is 2. The van der Waals surface area contributed by atoms with Crippen LogP contribution in [-0.2, 0) is 4.79 Å². The van der Waals surface area contributed by atoms with Crippen molar-refractivity contribution in [1.82, 2.24) is 29.7 Å². The number of imidazole rings is 1. The summed E-state index contributed by atoms with van der Waals surface area (Å²) in [5.41, 5.74) is 1.20. The minimum absolute atomic E-state index is 0.0247. The Bertz CT molecular complexity index is 1260. The quantitative estimate of drug-likeness (QED) is 0.376. The molecule has 3 heterocycles. The molecule has 1 aliphatic heterocycles. The first-order valence-corrected chi connectivity index (χ1v) is 11.4. The topological polar surface area (TPSA) is 108 Å². The molecular weight excluding hydrogens is 446 g/mol. The van der Waals surface area contributed by atoms with Gasteiger partial charge in [0.05, 0.1) is 7.11 Å². The lowest BCUT2D eigenvalue weighted by Gasteiger charge is -2.16. The van der Waals surface area contributed by atoms with E-state index >= 15 is 0 Å². The fraction of sp³-hybridized carbons (Fsp3) is 0.360. The molecule has 1 aliphatic rings. The lowest BCUT2D eigenvalue weighted by Crippen LogP contribution is -2.30. The van der Waals surface area contributed by atoms with Crippen molar-refractivity contribution in [2.24, 2.45) is 0 Å². The maximum Gasteiger partial charge on any atom is 0.246 e. The minimum Gasteiger partial charge on any atom is -0.493 e. The molecule has 182 valence electrons. The average Bonchev–Trinajstić information content (AvgIpc) is 3.49. The van der Waals surface area contributed by atoms with E-state index in [2.05, 4.69) is 37.1 Å². The number of likely N-dealkylation sites (tertiary alicyclic amines) is 1. The van der Waals surface area contributed by atoms with E-state index in [1.54, 1.807) is 13.2 Å². The van der Waals surface area contributed by atoms with Crippen molar-refractivity contribution in [3.05, 3.63) is 48.6 Å². The van der Waals surface area contributed by atoms with Gasteiger partial charge < -0.3 is 29.6 Å². The molecular formula is C25H29N7O3. The normalized spacial score (nSPS) is 15.4. The number of methoxy groups -OCH3 is 1. The van der Waals surface area contributed by atoms with Crippen LogP contribution in [0.25, 0.3) is 11.2 Å². The number of nitrogens with one attached hydrogen (secondary N) is 2. The summed E-state index contributed by atoms with van der Waals surface area (Å²) in [6, 6.07) is 7.49. The number of H-pyrrole nitrogens is 1. The molecule has 0 spiro atoms. The second-order valence-corrected chi connectivity index (χ2v) is 8.33. The standard InChI is InChI=1S/C25H29N7O3/c1-31(2)13-6-11-22(33)32-14-12-18(16-32)28-24-23-25(27-17-26-24)30-21(29-23)10-7-15-35-20-9-5-4-8-19(20)34-3/h4-6,8-9,11,17-18H,12-16H2,1-3H3,(H2,26,27,28,29,30)/b11-6+. The van der Waals surface area contributed by atoms with Gasteiger partial charge in [-0.2, -0.15) is 0 Å². The zero-order chi connectivity index (χ0) is 24.6. The van der Waals surface area contributed by atoms with Crippen LogP contribution < -0.4 is 14.8 Å². The summed E-state index contributed by atoms with van der Waals surface area (Å²) in [5, 5.41) is 3.41. The molecule has 2 aromatic heterocycles. The number of likely N-dealkylation sites (N-methyl/N-ethyl adjacent to an activating group) is 1. The number of amides is 1. The highest BCUT2D eigenvalue weighted by molar-refractivity contribution is 5.88. The van der Waals surface area contributed by atoms with Gasteiger partial charge in [-0.25, -0.2) is 15.0 Å². The lowest BCUT2D eigenvalue weighted by molar-refractivity contribution is -0.125. The minimum atomic E-state index is 0.0247. The zero-order valence-electron chi connectivity index (χ0n) is 20.1. The molecule has 2 N–H and O–H groups in total. The van der Waals surface area contributed by atoms with Gasteiger partial charge in [-0.1, -0.05) is 24.1 Å². The molecule has 1 unspecified atom stereocenters. The van der Waals surface area contributed by atoms with Crippen LogP contribution in [0.2, 0.25) is 0 Å². The van der Waals surface area contributed by atoms with Crippen molar-refractivity contribution < 1.29 is 14.3 Å². The molecule has 1 amide bonds. The highest BCUT2D eigenvalue weighted by Crippen LogP contribution is 2.25. The molecule has 4 rings (SSSR count). The van der Waals surface area contributed by atoms with Crippen LogP contribution in [0.5, 0.6) is 11.5 Å². The van der Waals surface area contributed by atoms with Crippen molar-refractivity contribution in [3.63, 3.8) is 0 Å². The summed E-state index contributed by atoms with van der Waals surface area (Å²) in [6.07, 6.45) is 5.83. The number of anilines is 1. The van der Waals surface area contributed by atoms with E-state index in [4.69, 9.17) is 9.47 Å². The predicted octanol–water partition coefficient (Wildman–Crippen LogP) is 1.92. The highest BCUT2D eigenvalue weighted by atomic mass is 16.5. The smallest absolute Gasteiger partial charge is 0.246 e. The Balaban J connectivity index is 1.37. The van der Waals surface area contributed by atoms with Crippen LogP contribution in [0.15, 0.2) is 42.7 Å². The SMILES string of the molecule is COc1ccccc1OCC#Cc1nc2c(NC3CCN(C(=O)/C=C/CN(C)C)C3)ncnc2[nH]1. The van der Waals surface area contributed by atoms with E-state index < -0.39 is 0 Å². The molecule has 3 aromatic rings. The first kappa shape index (κ1) is 24.0. The first-order chi connectivity index (χ1) is 17.0. The van der Waals surface area contributed by atoms with Gasteiger partial charge in [-0.3, -0.25) is 4.79 Å². The van der Waals surface area contributed by atoms with Gasteiger partial charge in [0.1, 0.15) is 12.9 Å². The van der Waals surface area contributed by atoms with E-state index in [9.17, 15) is 4.79 Å². The molecule has 35 heavy (non-hydrogen) atoms. The van der Waals surface area contributed by atoms with E-state index in [0.29, 0.717) is 47.4 Å². The van der Waals surface area contributed by atoms with Crippen LogP contribution in [0.3, 0.4) is 0 Å². The zero-order valence-corrected chi connectivity index (χ0v) is 20.1. The van der Waals surface area contributed by atoms with E-state index in [0.717, 1.165) is 13.0 Å². The van der Waals surface area contributed by atoms with Gasteiger partial charge in [0.15, 0.2) is 34.3 Å². The molecule has 1 aromatic carbocycles. The van der Waals surface area contributed by atoms with E-state index in [1.807, 2.05) is 54.2 Å². The summed E-state index contributed by atoms with van der Waals surface area (Å²) in [5.74, 6) is 8.32. The number of nitrogens with zero attached hydrogens (tertiary/aromatic N) is 5. The second-order valence-electron chi connectivity index (χ2n) is 8.33. The Labute approximate surface area is 204 Å². The number of ether oxygens (including phenoxy) is 2. The van der Waals surface area contributed by atoms with Crippen molar-refractivity contribution in [2.45, 2.75) is 12.5 Å². The van der Waals surface area contributed by atoms with Crippen molar-refractivity contribution >= 4 is 22.9 Å². The lowest BCUT2D eigenvalue weighted by atomic mass is 10.2. The number of fused-ring (bicyclic) bond motifs is 1. The van der Waals surface area contributed by atoms with Crippen molar-refractivity contribution in [3.8, 4) is 23.3 Å². The third kappa shape index (κ3) is 6.28. The Morgan fingerprint density at radius 2 is 2.14 bits per heavy atom. The van der Waals surface area contributed by atoms with Gasteiger partial charge in [-0.05, 0) is 38.6 Å². The number of benzene rings is 1. The van der Waals surface area contributed by atoms with Crippen LogP contribution in [0.1, 0.15) is 12.2 Å². The number of rotatable bonds is 8. The van der Waals surface area contributed by atoms with Crippen molar-refractivity contribution in [1.29, 1.82) is 0 Å². The third-order valence-electron chi connectivity index (χ3n) is 5.43. The largest absolute Gasteiger partial charge is 0.493 e. The molecule has 1 fully saturated rings. The van der Waals surface area contributed by atoms with Gasteiger partial charge in [0, 0.05) is 31.8 Å². The summed E-state index contributed by atoms with van der Waals surface area (Å²) in [6.45, 7) is 2.22. The Kier molecular flexibility index (Phi) is 7.80. The average molecular weight is 476 g/mol. The number of carbonyl (C=O) groups is 1. The monoisotopic (exact) mass is 475 g/mol. The number of para-hydroxylation sites is 2. The second kappa shape index (κ2) is 11.4. The summed E-state index contributed by atoms with van der Waals surface area (Å²) in [7, 11) is 5.53. The molecule has 0 saturated carbocycles. The fourth-order valence-electron chi connectivity index (χ4n) is 3.71. The Morgan fingerprint density at radius 1 is 1.31 bits per heavy atom. The van der Waals surface area contributed by atoms with Crippen molar-refractivity contribution in [2.75, 3.05) is 52.8 Å². The van der Waals surface area contributed by atoms with Crippen LogP contribution in [-0.4, -0.2) is 89.1 Å². The van der Waals surface area contributed by atoms with E-state index in [1.165, 1.54) is 6.33 Å². The molecule has 1 atom stereocenters. The maximum atomic E-state index is 12.4. The third-order valence-corrected chi connectivity index (χ3v) is 5.43. The van der Waals surface area contributed by atoms with Gasteiger partial charge in [-0.15, -0.1) is 0 Å². The van der Waals surface area contributed by atoms with Gasteiger partial charge >= 0.3 is 0 Å². The van der Waals surface area contributed by atoms with Crippen LogP contribution in [0.4, 0.5) is 5.82 Å². The number of hydrogen-bond acceptors (Lipinski definition) is 8. The highest BCUT2D eigenvalue weighted by Gasteiger charge is 2.26. The molecule has 1 saturated heterocycles. The van der Waals surface area contributed by atoms with Gasteiger partial charge in [0.25, 0.3) is 0 Å².